The van der Waals surface area contributed by atoms with Crippen LogP contribution in [0.2, 0.25) is 10.0 Å². The molecule has 6 heteroatoms. The molecule has 2 heterocycles. The van der Waals surface area contributed by atoms with Crippen LogP contribution < -0.4 is 0 Å². The average molecular weight is 473 g/mol. The first-order chi connectivity index (χ1) is 15.2. The topological polar surface area (TPSA) is 34.5 Å². The molecule has 0 aliphatic carbocycles. The summed E-state index contributed by atoms with van der Waals surface area (Å²) in [5.41, 5.74) is 4.51. The molecule has 170 valence electrons. The maximum absolute atomic E-state index is 12.7. The Kier molecular flexibility index (Phi) is 6.73. The molecule has 32 heavy (non-hydrogen) atoms. The second kappa shape index (κ2) is 9.36. The third-order valence-electron chi connectivity index (χ3n) is 5.92. The lowest BCUT2D eigenvalue weighted by Crippen LogP contribution is -2.38. The van der Waals surface area contributed by atoms with Crippen LogP contribution in [0.25, 0.3) is 10.9 Å². The van der Waals surface area contributed by atoms with Crippen LogP contribution in [0, 0.1) is 0 Å². The smallest absolute Gasteiger partial charge is 0.410 e. The lowest BCUT2D eigenvalue weighted by molar-refractivity contribution is 0.0258. The van der Waals surface area contributed by atoms with E-state index in [2.05, 4.69) is 28.8 Å². The van der Waals surface area contributed by atoms with E-state index in [1.54, 1.807) is 0 Å². The van der Waals surface area contributed by atoms with Crippen molar-refractivity contribution >= 4 is 40.2 Å². The number of carbonyl (C=O) groups is 1. The van der Waals surface area contributed by atoms with Crippen molar-refractivity contribution in [3.63, 3.8) is 0 Å². The van der Waals surface area contributed by atoms with Crippen molar-refractivity contribution in [2.75, 3.05) is 13.1 Å². The van der Waals surface area contributed by atoms with Gasteiger partial charge in [0.05, 0.1) is 15.6 Å². The number of nitrogens with zero attached hydrogens (tertiary/aromatic N) is 2. The molecule has 1 aliphatic heterocycles. The Hall–Kier alpha value is -2.17. The Labute approximate surface area is 200 Å². The molecule has 1 aliphatic rings. The third-order valence-corrected chi connectivity index (χ3v) is 6.64. The lowest BCUT2D eigenvalue weighted by atomic mass is 10.1. The van der Waals surface area contributed by atoms with Crippen LogP contribution in [-0.4, -0.2) is 34.3 Å². The van der Waals surface area contributed by atoms with Gasteiger partial charge in [0.15, 0.2) is 0 Å². The molecule has 0 N–H and O–H groups in total. The van der Waals surface area contributed by atoms with Crippen molar-refractivity contribution in [1.29, 1.82) is 0 Å². The summed E-state index contributed by atoms with van der Waals surface area (Å²) in [6.45, 7) is 7.86. The number of hydrogen-bond acceptors (Lipinski definition) is 2. The SMILES string of the molecule is CC(C)(C)OC(=O)N1CCc2c(n(CCCc3ccccc3)c3cc(Cl)c(Cl)cc23)CC1. The van der Waals surface area contributed by atoms with Crippen LogP contribution in [-0.2, 0) is 30.5 Å². The first-order valence-corrected chi connectivity index (χ1v) is 12.0. The zero-order valence-corrected chi connectivity index (χ0v) is 20.5. The Morgan fingerprint density at radius 1 is 1.03 bits per heavy atom. The van der Waals surface area contributed by atoms with Crippen molar-refractivity contribution in [2.24, 2.45) is 0 Å². The van der Waals surface area contributed by atoms with Gasteiger partial charge in [-0.3, -0.25) is 0 Å². The molecular weight excluding hydrogens is 443 g/mol. The van der Waals surface area contributed by atoms with Crippen LogP contribution in [0.15, 0.2) is 42.5 Å². The van der Waals surface area contributed by atoms with E-state index in [-0.39, 0.29) is 6.09 Å². The monoisotopic (exact) mass is 472 g/mol. The number of benzene rings is 2. The number of amides is 1. The van der Waals surface area contributed by atoms with Gasteiger partial charge < -0.3 is 14.2 Å². The van der Waals surface area contributed by atoms with Crippen LogP contribution in [0.1, 0.15) is 44.0 Å². The summed E-state index contributed by atoms with van der Waals surface area (Å²) in [7, 11) is 0. The Balaban J connectivity index is 1.61. The van der Waals surface area contributed by atoms with E-state index in [0.717, 1.165) is 43.1 Å². The van der Waals surface area contributed by atoms with Gasteiger partial charge in [-0.25, -0.2) is 4.79 Å². The molecule has 0 fully saturated rings. The van der Waals surface area contributed by atoms with Crippen molar-refractivity contribution in [2.45, 2.75) is 58.6 Å². The number of rotatable bonds is 4. The molecule has 3 aromatic rings. The summed E-state index contributed by atoms with van der Waals surface area (Å²) >= 11 is 12.8. The number of fused-ring (bicyclic) bond motifs is 3. The lowest BCUT2D eigenvalue weighted by Gasteiger charge is -2.26. The van der Waals surface area contributed by atoms with Gasteiger partial charge in [-0.1, -0.05) is 53.5 Å². The highest BCUT2D eigenvalue weighted by Gasteiger charge is 2.27. The first-order valence-electron chi connectivity index (χ1n) is 11.2. The number of hydrogen-bond donors (Lipinski definition) is 0. The molecule has 0 unspecified atom stereocenters. The van der Waals surface area contributed by atoms with Crippen molar-refractivity contribution in [3.05, 3.63) is 69.3 Å². The van der Waals surface area contributed by atoms with Crippen LogP contribution in [0.4, 0.5) is 4.79 Å². The normalized spacial score (nSPS) is 14.3. The van der Waals surface area contributed by atoms with E-state index in [1.165, 1.54) is 16.8 Å². The minimum atomic E-state index is -0.500. The van der Waals surface area contributed by atoms with Gasteiger partial charge in [0, 0.05) is 37.1 Å². The summed E-state index contributed by atoms with van der Waals surface area (Å²) in [5.74, 6) is 0. The van der Waals surface area contributed by atoms with Crippen LogP contribution in [0.5, 0.6) is 0 Å². The zero-order valence-electron chi connectivity index (χ0n) is 19.0. The van der Waals surface area contributed by atoms with Gasteiger partial charge in [0.2, 0.25) is 0 Å². The van der Waals surface area contributed by atoms with E-state index in [1.807, 2.05) is 43.9 Å². The summed E-state index contributed by atoms with van der Waals surface area (Å²) in [5, 5.41) is 2.28. The quantitative estimate of drug-likeness (QED) is 0.412. The fraction of sp³-hybridized carbons (Fsp3) is 0.423. The third kappa shape index (κ3) is 5.07. The van der Waals surface area contributed by atoms with Crippen LogP contribution in [0.3, 0.4) is 0 Å². The fourth-order valence-corrected chi connectivity index (χ4v) is 4.80. The van der Waals surface area contributed by atoms with E-state index in [9.17, 15) is 4.79 Å². The Bertz CT molecular complexity index is 1120. The molecule has 0 radical (unpaired) electrons. The number of ether oxygens (including phenoxy) is 1. The van der Waals surface area contributed by atoms with Gasteiger partial charge in [-0.05, 0) is 63.3 Å². The molecule has 0 atom stereocenters. The summed E-state index contributed by atoms with van der Waals surface area (Å²) in [6, 6.07) is 14.5. The molecule has 1 amide bonds. The van der Waals surface area contributed by atoms with E-state index in [0.29, 0.717) is 23.1 Å². The highest BCUT2D eigenvalue weighted by molar-refractivity contribution is 6.42. The predicted octanol–water partition coefficient (Wildman–Crippen LogP) is 6.92. The van der Waals surface area contributed by atoms with Crippen molar-refractivity contribution < 1.29 is 9.53 Å². The van der Waals surface area contributed by atoms with Gasteiger partial charge in [-0.2, -0.15) is 0 Å². The van der Waals surface area contributed by atoms with E-state index < -0.39 is 5.60 Å². The molecule has 0 bridgehead atoms. The van der Waals surface area contributed by atoms with Gasteiger partial charge in [0.1, 0.15) is 5.60 Å². The Morgan fingerprint density at radius 2 is 1.72 bits per heavy atom. The molecule has 0 saturated heterocycles. The summed E-state index contributed by atoms with van der Waals surface area (Å²) in [6.07, 6.45) is 3.35. The highest BCUT2D eigenvalue weighted by atomic mass is 35.5. The average Bonchev–Trinajstić information content (AvgIpc) is 2.88. The minimum Gasteiger partial charge on any atom is -0.444 e. The molecule has 0 saturated carbocycles. The van der Waals surface area contributed by atoms with Gasteiger partial charge >= 0.3 is 6.09 Å². The fourth-order valence-electron chi connectivity index (χ4n) is 4.48. The summed E-state index contributed by atoms with van der Waals surface area (Å²) in [4.78, 5) is 14.5. The number of aromatic nitrogens is 1. The molecular formula is C26H30Cl2N2O2. The highest BCUT2D eigenvalue weighted by Crippen LogP contribution is 2.35. The van der Waals surface area contributed by atoms with E-state index in [4.69, 9.17) is 27.9 Å². The number of aryl methyl sites for hydroxylation is 2. The first kappa shape index (κ1) is 23.0. The maximum atomic E-state index is 12.7. The largest absolute Gasteiger partial charge is 0.444 e. The number of halogens is 2. The molecule has 0 spiro atoms. The second-order valence-electron chi connectivity index (χ2n) is 9.42. The van der Waals surface area contributed by atoms with Crippen molar-refractivity contribution in [3.8, 4) is 0 Å². The Morgan fingerprint density at radius 3 is 2.44 bits per heavy atom. The summed E-state index contributed by atoms with van der Waals surface area (Å²) < 4.78 is 8.00. The standard InChI is InChI=1S/C26H30Cl2N2O2/c1-26(2,3)32-25(31)29-14-11-19-20-16-21(27)22(28)17-24(20)30(23(19)12-15-29)13-7-10-18-8-5-4-6-9-18/h4-6,8-9,16-17H,7,10-15H2,1-3H3. The number of carbonyl (C=O) groups excluding carboxylic acids is 1. The molecule has 2 aromatic carbocycles. The minimum absolute atomic E-state index is 0.247. The van der Waals surface area contributed by atoms with E-state index >= 15 is 0 Å². The van der Waals surface area contributed by atoms with Gasteiger partial charge in [0.25, 0.3) is 0 Å². The van der Waals surface area contributed by atoms with Crippen molar-refractivity contribution in [1.82, 2.24) is 9.47 Å². The van der Waals surface area contributed by atoms with Gasteiger partial charge in [-0.15, -0.1) is 0 Å². The molecule has 1 aromatic heterocycles. The van der Waals surface area contributed by atoms with Crippen LogP contribution >= 0.6 is 23.2 Å². The zero-order chi connectivity index (χ0) is 22.9. The molecule has 4 nitrogen and oxygen atoms in total. The second-order valence-corrected chi connectivity index (χ2v) is 10.2. The molecule has 4 rings (SSSR count). The predicted molar refractivity (Wildman–Crippen MR) is 132 cm³/mol. The maximum Gasteiger partial charge on any atom is 0.410 e.